The van der Waals surface area contributed by atoms with Gasteiger partial charge in [0.2, 0.25) is 0 Å². The topological polar surface area (TPSA) is 32.3 Å². The van der Waals surface area contributed by atoms with E-state index in [-0.39, 0.29) is 6.10 Å². The summed E-state index contributed by atoms with van der Waals surface area (Å²) in [6.45, 7) is 1.08. The average Bonchev–Trinajstić information content (AvgIpc) is 3.11. The van der Waals surface area contributed by atoms with Crippen molar-refractivity contribution >= 4 is 11.3 Å². The monoisotopic (exact) mass is 279 g/mol. The van der Waals surface area contributed by atoms with Gasteiger partial charge >= 0.3 is 0 Å². The zero-order valence-electron chi connectivity index (χ0n) is 11.6. The van der Waals surface area contributed by atoms with Crippen LogP contribution in [0.1, 0.15) is 55.9 Å². The van der Waals surface area contributed by atoms with Gasteiger partial charge in [0.15, 0.2) is 0 Å². The summed E-state index contributed by atoms with van der Waals surface area (Å²) in [4.78, 5) is 1.51. The molecule has 3 heteroatoms. The van der Waals surface area contributed by atoms with Crippen molar-refractivity contribution in [2.24, 2.45) is 11.8 Å². The van der Waals surface area contributed by atoms with Gasteiger partial charge in [0.25, 0.3) is 0 Å². The lowest BCUT2D eigenvalue weighted by Crippen LogP contribution is -2.30. The van der Waals surface area contributed by atoms with Crippen molar-refractivity contribution in [2.75, 3.05) is 6.54 Å². The summed E-state index contributed by atoms with van der Waals surface area (Å²) in [7, 11) is 0. The summed E-state index contributed by atoms with van der Waals surface area (Å²) in [5, 5.41) is 15.7. The fourth-order valence-electron chi connectivity index (χ4n) is 3.79. The predicted molar refractivity (Wildman–Crippen MR) is 80.4 cm³/mol. The molecule has 2 saturated carbocycles. The number of thiophene rings is 1. The lowest BCUT2D eigenvalue weighted by atomic mass is 9.96. The van der Waals surface area contributed by atoms with Gasteiger partial charge in [0.05, 0.1) is 6.10 Å². The van der Waals surface area contributed by atoms with E-state index in [0.29, 0.717) is 12.0 Å². The Hall–Kier alpha value is -0.380. The van der Waals surface area contributed by atoms with Gasteiger partial charge in [-0.05, 0) is 61.9 Å². The molecule has 3 atom stereocenters. The van der Waals surface area contributed by atoms with Gasteiger partial charge in [0, 0.05) is 10.9 Å². The maximum Gasteiger partial charge on any atom is 0.0543 e. The van der Waals surface area contributed by atoms with Gasteiger partial charge in [-0.15, -0.1) is 11.3 Å². The molecule has 2 fully saturated rings. The van der Waals surface area contributed by atoms with Crippen molar-refractivity contribution in [3.63, 3.8) is 0 Å². The summed E-state index contributed by atoms with van der Waals surface area (Å²) in [5.41, 5.74) is 0. The number of aliphatic hydroxyl groups excluding tert-OH is 1. The minimum atomic E-state index is -0.0431. The van der Waals surface area contributed by atoms with Crippen molar-refractivity contribution in [3.8, 4) is 0 Å². The van der Waals surface area contributed by atoms with Crippen molar-refractivity contribution in [1.29, 1.82) is 0 Å². The molecule has 2 N–H and O–H groups in total. The Morgan fingerprint density at radius 1 is 1.26 bits per heavy atom. The first-order valence-electron chi connectivity index (χ1n) is 7.78. The normalized spacial score (nSPS) is 29.9. The van der Waals surface area contributed by atoms with Crippen molar-refractivity contribution in [2.45, 2.75) is 57.1 Å². The summed E-state index contributed by atoms with van der Waals surface area (Å²) in [6.07, 6.45) is 8.70. The third-order valence-electron chi connectivity index (χ3n) is 4.86. The Labute approximate surface area is 120 Å². The molecule has 3 rings (SSSR count). The van der Waals surface area contributed by atoms with E-state index in [1.807, 2.05) is 11.3 Å². The maximum absolute atomic E-state index is 9.63. The van der Waals surface area contributed by atoms with Crippen molar-refractivity contribution < 1.29 is 5.11 Å². The van der Waals surface area contributed by atoms with Crippen molar-refractivity contribution in [3.05, 3.63) is 22.4 Å². The van der Waals surface area contributed by atoms with Gasteiger partial charge in [0.1, 0.15) is 0 Å². The van der Waals surface area contributed by atoms with E-state index in [9.17, 15) is 5.11 Å². The number of rotatable bonds is 5. The second-order valence-electron chi connectivity index (χ2n) is 6.28. The van der Waals surface area contributed by atoms with E-state index < -0.39 is 0 Å². The largest absolute Gasteiger partial charge is 0.393 e. The summed E-state index contributed by atoms with van der Waals surface area (Å²) in [6, 6.07) is 5.01. The van der Waals surface area contributed by atoms with Crippen LogP contribution >= 0.6 is 11.3 Å². The second kappa shape index (κ2) is 6.38. The summed E-state index contributed by atoms with van der Waals surface area (Å²) in [5.74, 6) is 1.50. The first-order valence-corrected chi connectivity index (χ1v) is 8.65. The second-order valence-corrected chi connectivity index (χ2v) is 7.26. The van der Waals surface area contributed by atoms with Crippen LogP contribution in [-0.2, 0) is 0 Å². The summed E-state index contributed by atoms with van der Waals surface area (Å²) < 4.78 is 0. The van der Waals surface area contributed by atoms with E-state index in [2.05, 4.69) is 22.8 Å². The molecule has 19 heavy (non-hydrogen) atoms. The zero-order valence-corrected chi connectivity index (χ0v) is 12.4. The molecule has 2 aliphatic carbocycles. The molecular formula is C16H25NOS. The lowest BCUT2D eigenvalue weighted by molar-refractivity contribution is 0.176. The third-order valence-corrected chi connectivity index (χ3v) is 5.82. The van der Waals surface area contributed by atoms with Gasteiger partial charge < -0.3 is 10.4 Å². The lowest BCUT2D eigenvalue weighted by Gasteiger charge is -2.25. The van der Waals surface area contributed by atoms with Gasteiger partial charge in [-0.25, -0.2) is 0 Å². The van der Waals surface area contributed by atoms with E-state index >= 15 is 0 Å². The molecule has 106 valence electrons. The minimum Gasteiger partial charge on any atom is -0.393 e. The van der Waals surface area contributed by atoms with E-state index in [1.54, 1.807) is 0 Å². The van der Waals surface area contributed by atoms with Gasteiger partial charge in [-0.1, -0.05) is 18.9 Å². The molecule has 2 aliphatic rings. The molecule has 3 unspecified atom stereocenters. The molecule has 0 aromatic carbocycles. The Morgan fingerprint density at radius 2 is 2.11 bits per heavy atom. The maximum atomic E-state index is 9.63. The Morgan fingerprint density at radius 3 is 2.74 bits per heavy atom. The van der Waals surface area contributed by atoms with Crippen LogP contribution < -0.4 is 5.32 Å². The Balaban J connectivity index is 1.59. The number of hydrogen-bond donors (Lipinski definition) is 2. The van der Waals surface area contributed by atoms with Crippen molar-refractivity contribution in [1.82, 2.24) is 5.32 Å². The van der Waals surface area contributed by atoms with Crippen LogP contribution in [0.15, 0.2) is 17.5 Å². The molecule has 0 saturated heterocycles. The highest BCUT2D eigenvalue weighted by Gasteiger charge is 2.29. The quantitative estimate of drug-likeness (QED) is 0.861. The highest BCUT2D eigenvalue weighted by molar-refractivity contribution is 7.10. The first-order chi connectivity index (χ1) is 9.33. The molecular weight excluding hydrogens is 254 g/mol. The Kier molecular flexibility index (Phi) is 4.57. The summed E-state index contributed by atoms with van der Waals surface area (Å²) >= 11 is 1.89. The average molecular weight is 279 g/mol. The molecule has 0 radical (unpaired) electrons. The van der Waals surface area contributed by atoms with E-state index in [0.717, 1.165) is 25.3 Å². The van der Waals surface area contributed by atoms with Crippen LogP contribution in [0.3, 0.4) is 0 Å². The molecule has 1 aromatic rings. The molecule has 2 nitrogen and oxygen atoms in total. The van der Waals surface area contributed by atoms with Crippen LogP contribution in [0.4, 0.5) is 0 Å². The smallest absolute Gasteiger partial charge is 0.0543 e. The molecule has 0 aliphatic heterocycles. The number of nitrogens with one attached hydrogen (secondary N) is 1. The van der Waals surface area contributed by atoms with Crippen LogP contribution in [0, 0.1) is 11.8 Å². The van der Waals surface area contributed by atoms with Gasteiger partial charge in [-0.3, -0.25) is 0 Å². The van der Waals surface area contributed by atoms with Crippen LogP contribution in [0.25, 0.3) is 0 Å². The first kappa shape index (κ1) is 13.6. The fraction of sp³-hybridized carbons (Fsp3) is 0.750. The van der Waals surface area contributed by atoms with Gasteiger partial charge in [-0.2, -0.15) is 0 Å². The molecule has 0 bridgehead atoms. The molecule has 0 spiro atoms. The van der Waals surface area contributed by atoms with Crippen LogP contribution in [0.5, 0.6) is 0 Å². The minimum absolute atomic E-state index is 0.0431. The number of aliphatic hydroxyl groups is 1. The highest BCUT2D eigenvalue weighted by Crippen LogP contribution is 2.37. The van der Waals surface area contributed by atoms with Crippen LogP contribution in [-0.4, -0.2) is 17.8 Å². The standard InChI is InChI=1S/C16H25NOS/c18-14-8-7-12(10-14)11-17-16(13-4-1-2-5-13)15-6-3-9-19-15/h3,6,9,12-14,16-18H,1-2,4-5,7-8,10-11H2. The highest BCUT2D eigenvalue weighted by atomic mass is 32.1. The predicted octanol–water partition coefficient (Wildman–Crippen LogP) is 3.73. The fourth-order valence-corrected chi connectivity index (χ4v) is 4.68. The molecule has 1 heterocycles. The van der Waals surface area contributed by atoms with E-state index in [4.69, 9.17) is 0 Å². The number of hydrogen-bond acceptors (Lipinski definition) is 3. The molecule has 0 amide bonds. The SMILES string of the molecule is OC1CCC(CNC(c2cccs2)C2CCCC2)C1. The third kappa shape index (κ3) is 3.39. The zero-order chi connectivity index (χ0) is 13.1. The van der Waals surface area contributed by atoms with E-state index in [1.165, 1.54) is 37.0 Å². The van der Waals surface area contributed by atoms with Crippen LogP contribution in [0.2, 0.25) is 0 Å². The Bertz CT molecular complexity index is 372. The molecule has 1 aromatic heterocycles.